The number of amides is 2. The molecule has 3 saturated heterocycles. The first-order chi connectivity index (χ1) is 9.65. The highest BCUT2D eigenvalue weighted by molar-refractivity contribution is 5.74. The number of carbonyl (C=O) groups excluding carboxylic acids is 1. The number of nitrogens with zero attached hydrogens (tertiary/aromatic N) is 1. The molecule has 0 aromatic carbocycles. The zero-order chi connectivity index (χ0) is 14.1. The van der Waals surface area contributed by atoms with Gasteiger partial charge in [0.15, 0.2) is 0 Å². The van der Waals surface area contributed by atoms with Crippen LogP contribution >= 0.6 is 0 Å². The number of fused-ring (bicyclic) bond motifs is 5. The van der Waals surface area contributed by atoms with Gasteiger partial charge in [-0.2, -0.15) is 0 Å². The van der Waals surface area contributed by atoms with Gasteiger partial charge in [0, 0.05) is 38.1 Å². The van der Waals surface area contributed by atoms with Crippen LogP contribution in [0.2, 0.25) is 0 Å². The Hall–Kier alpha value is -0.810. The fraction of sp³-hybridized carbons (Fsp3) is 0.933. The Bertz CT molecular complexity index is 343. The van der Waals surface area contributed by atoms with Gasteiger partial charge in [0.05, 0.1) is 18.8 Å². The average molecular weight is 282 g/mol. The van der Waals surface area contributed by atoms with E-state index in [1.54, 1.807) is 0 Å². The minimum Gasteiger partial charge on any atom is -0.379 e. The molecular formula is C15H26N2O3. The van der Waals surface area contributed by atoms with Crippen molar-refractivity contribution in [2.45, 2.75) is 38.9 Å². The van der Waals surface area contributed by atoms with Gasteiger partial charge in [-0.3, -0.25) is 0 Å². The molecule has 3 rings (SSSR count). The molecule has 20 heavy (non-hydrogen) atoms. The summed E-state index contributed by atoms with van der Waals surface area (Å²) in [7, 11) is 0. The van der Waals surface area contributed by atoms with Crippen molar-refractivity contribution in [3.63, 3.8) is 0 Å². The van der Waals surface area contributed by atoms with Gasteiger partial charge in [-0.15, -0.1) is 0 Å². The molecule has 114 valence electrons. The third-order valence-electron chi connectivity index (χ3n) is 4.71. The van der Waals surface area contributed by atoms with Gasteiger partial charge in [-0.1, -0.05) is 13.8 Å². The van der Waals surface area contributed by atoms with E-state index in [-0.39, 0.29) is 6.03 Å². The molecule has 5 nitrogen and oxygen atoms in total. The molecule has 2 bridgehead atoms. The number of likely N-dealkylation sites (tertiary alicyclic amines) is 1. The SMILES string of the molecule is CC(C)COCCNC(=O)N1C[C@@H]2[C@H](C1)[C@H]1CC[C@H]2O1. The molecule has 5 heteroatoms. The third kappa shape index (κ3) is 2.79. The highest BCUT2D eigenvalue weighted by Gasteiger charge is 2.53. The van der Waals surface area contributed by atoms with Gasteiger partial charge >= 0.3 is 6.03 Å². The van der Waals surface area contributed by atoms with Crippen molar-refractivity contribution >= 4 is 6.03 Å². The number of hydrogen-bond donors (Lipinski definition) is 1. The minimum absolute atomic E-state index is 0.0620. The van der Waals surface area contributed by atoms with E-state index in [0.29, 0.717) is 43.1 Å². The normalized spacial score (nSPS) is 34.9. The maximum absolute atomic E-state index is 12.1. The summed E-state index contributed by atoms with van der Waals surface area (Å²) in [6.45, 7) is 7.93. The summed E-state index contributed by atoms with van der Waals surface area (Å²) in [6, 6.07) is 0.0620. The summed E-state index contributed by atoms with van der Waals surface area (Å²) in [4.78, 5) is 14.1. The highest BCUT2D eigenvalue weighted by atomic mass is 16.5. The van der Waals surface area contributed by atoms with Gasteiger partial charge in [-0.05, 0) is 18.8 Å². The topological polar surface area (TPSA) is 50.8 Å². The van der Waals surface area contributed by atoms with E-state index in [1.165, 1.54) is 12.8 Å². The molecule has 0 saturated carbocycles. The Morgan fingerprint density at radius 1 is 1.30 bits per heavy atom. The Morgan fingerprint density at radius 2 is 1.95 bits per heavy atom. The van der Waals surface area contributed by atoms with Crippen LogP contribution in [0.15, 0.2) is 0 Å². The second kappa shape index (κ2) is 5.90. The smallest absolute Gasteiger partial charge is 0.317 e. The van der Waals surface area contributed by atoms with E-state index < -0.39 is 0 Å². The summed E-state index contributed by atoms with van der Waals surface area (Å²) < 4.78 is 11.4. The number of nitrogens with one attached hydrogen (secondary N) is 1. The number of rotatable bonds is 5. The van der Waals surface area contributed by atoms with E-state index in [2.05, 4.69) is 19.2 Å². The lowest BCUT2D eigenvalue weighted by Crippen LogP contribution is -2.41. The second-order valence-corrected chi connectivity index (χ2v) is 6.72. The molecule has 3 fully saturated rings. The largest absolute Gasteiger partial charge is 0.379 e. The highest BCUT2D eigenvalue weighted by Crippen LogP contribution is 2.47. The van der Waals surface area contributed by atoms with Gasteiger partial charge in [-0.25, -0.2) is 4.79 Å². The summed E-state index contributed by atoms with van der Waals surface area (Å²) in [6.07, 6.45) is 3.20. The molecule has 0 unspecified atom stereocenters. The van der Waals surface area contributed by atoms with Gasteiger partial charge in [0.2, 0.25) is 0 Å². The minimum atomic E-state index is 0.0620. The number of carbonyl (C=O) groups is 1. The number of urea groups is 1. The molecular weight excluding hydrogens is 256 g/mol. The van der Waals surface area contributed by atoms with Crippen LogP contribution in [0.25, 0.3) is 0 Å². The summed E-state index contributed by atoms with van der Waals surface area (Å²) in [5.41, 5.74) is 0. The van der Waals surface area contributed by atoms with Crippen LogP contribution in [-0.2, 0) is 9.47 Å². The second-order valence-electron chi connectivity index (χ2n) is 6.72. The summed E-state index contributed by atoms with van der Waals surface area (Å²) in [5.74, 6) is 1.70. The lowest BCUT2D eigenvalue weighted by atomic mass is 9.82. The molecule has 0 radical (unpaired) electrons. The van der Waals surface area contributed by atoms with Crippen LogP contribution in [0.5, 0.6) is 0 Å². The molecule has 0 spiro atoms. The van der Waals surface area contributed by atoms with Crippen LogP contribution in [-0.4, -0.2) is 56.0 Å². The number of ether oxygens (including phenoxy) is 2. The standard InChI is InChI=1S/C15H26N2O3/c1-10(2)9-19-6-5-16-15(18)17-7-11-12(8-17)14-4-3-13(11)20-14/h10-14H,3-9H2,1-2H3,(H,16,18)/t11-,12+,13-,14-/m1/s1. The first kappa shape index (κ1) is 14.1. The fourth-order valence-electron chi connectivity index (χ4n) is 3.79. The predicted molar refractivity (Wildman–Crippen MR) is 75.5 cm³/mol. The first-order valence-corrected chi connectivity index (χ1v) is 7.91. The Labute approximate surface area is 121 Å². The monoisotopic (exact) mass is 282 g/mol. The third-order valence-corrected chi connectivity index (χ3v) is 4.71. The van der Waals surface area contributed by atoms with Gasteiger partial charge in [0.25, 0.3) is 0 Å². The summed E-state index contributed by atoms with van der Waals surface area (Å²) in [5, 5.41) is 2.96. The van der Waals surface area contributed by atoms with Crippen molar-refractivity contribution in [3.05, 3.63) is 0 Å². The first-order valence-electron chi connectivity index (χ1n) is 7.91. The molecule has 3 heterocycles. The summed E-state index contributed by atoms with van der Waals surface area (Å²) >= 11 is 0. The van der Waals surface area contributed by atoms with Crippen LogP contribution < -0.4 is 5.32 Å². The van der Waals surface area contributed by atoms with Gasteiger partial charge < -0.3 is 19.7 Å². The molecule has 3 aliphatic heterocycles. The van der Waals surface area contributed by atoms with E-state index in [1.807, 2.05) is 4.90 Å². The fourth-order valence-corrected chi connectivity index (χ4v) is 3.79. The van der Waals surface area contributed by atoms with Crippen LogP contribution in [0, 0.1) is 17.8 Å². The molecule has 3 aliphatic rings. The maximum atomic E-state index is 12.1. The van der Waals surface area contributed by atoms with E-state index >= 15 is 0 Å². The lowest BCUT2D eigenvalue weighted by Gasteiger charge is -2.19. The zero-order valence-electron chi connectivity index (χ0n) is 12.5. The van der Waals surface area contributed by atoms with Crippen LogP contribution in [0.1, 0.15) is 26.7 Å². The molecule has 1 N–H and O–H groups in total. The molecule has 0 aliphatic carbocycles. The van der Waals surface area contributed by atoms with Crippen molar-refractivity contribution in [1.82, 2.24) is 10.2 Å². The van der Waals surface area contributed by atoms with Crippen molar-refractivity contribution in [2.75, 3.05) is 32.8 Å². The predicted octanol–water partition coefficient (Wildman–Crippen LogP) is 1.48. The Morgan fingerprint density at radius 3 is 2.55 bits per heavy atom. The van der Waals surface area contributed by atoms with Crippen molar-refractivity contribution < 1.29 is 14.3 Å². The van der Waals surface area contributed by atoms with E-state index in [9.17, 15) is 4.79 Å². The Kier molecular flexibility index (Phi) is 4.17. The molecule has 4 atom stereocenters. The Balaban J connectivity index is 1.37. The van der Waals surface area contributed by atoms with Crippen molar-refractivity contribution in [3.8, 4) is 0 Å². The van der Waals surface area contributed by atoms with E-state index in [4.69, 9.17) is 9.47 Å². The van der Waals surface area contributed by atoms with Crippen molar-refractivity contribution in [1.29, 1.82) is 0 Å². The molecule has 2 amide bonds. The van der Waals surface area contributed by atoms with E-state index in [0.717, 1.165) is 19.7 Å². The molecule has 0 aromatic heterocycles. The van der Waals surface area contributed by atoms with Crippen LogP contribution in [0.3, 0.4) is 0 Å². The maximum Gasteiger partial charge on any atom is 0.317 e. The quantitative estimate of drug-likeness (QED) is 0.777. The number of hydrogen-bond acceptors (Lipinski definition) is 3. The van der Waals surface area contributed by atoms with Gasteiger partial charge in [0.1, 0.15) is 0 Å². The average Bonchev–Trinajstić information content (AvgIpc) is 3.09. The zero-order valence-corrected chi connectivity index (χ0v) is 12.5. The van der Waals surface area contributed by atoms with Crippen molar-refractivity contribution in [2.24, 2.45) is 17.8 Å². The lowest BCUT2D eigenvalue weighted by molar-refractivity contribution is 0.0734. The molecule has 0 aromatic rings. The van der Waals surface area contributed by atoms with Crippen LogP contribution in [0.4, 0.5) is 4.79 Å².